The van der Waals surface area contributed by atoms with E-state index in [1.807, 2.05) is 16.5 Å². The van der Waals surface area contributed by atoms with Crippen LogP contribution in [0.2, 0.25) is 0 Å². The van der Waals surface area contributed by atoms with Gasteiger partial charge in [0.2, 0.25) is 16.0 Å². The minimum absolute atomic E-state index is 0.0220. The van der Waals surface area contributed by atoms with Crippen molar-refractivity contribution in [2.75, 3.05) is 50.0 Å². The average molecular weight is 512 g/mol. The number of aryl methyl sites for hydroxylation is 1. The van der Waals surface area contributed by atoms with Gasteiger partial charge >= 0.3 is 0 Å². The van der Waals surface area contributed by atoms with Gasteiger partial charge in [-0.15, -0.1) is 5.10 Å². The molecule has 0 saturated carbocycles. The number of anilines is 2. The summed E-state index contributed by atoms with van der Waals surface area (Å²) in [5.74, 6) is 0.897. The van der Waals surface area contributed by atoms with E-state index in [4.69, 9.17) is 10.1 Å². The molecular formula is C27H41N7OS. The molecule has 1 fully saturated rings. The number of hydrogen-bond donors (Lipinski definition) is 2. The Labute approximate surface area is 219 Å². The molecule has 0 radical (unpaired) electrons. The number of likely N-dealkylation sites (N-methyl/N-ethyl adjacent to an activating group) is 1. The van der Waals surface area contributed by atoms with Gasteiger partial charge in [-0.05, 0) is 71.7 Å². The van der Waals surface area contributed by atoms with Crippen molar-refractivity contribution >= 4 is 33.2 Å². The standard InChI is InChI=1S/C27H41N7OS/c1-6-20-11-13-21(14-12-20)23-24(30-27(2,3)4)34-25(29-23)36-26(31-34)32(5)19-22(35)28-15-10-18-33-16-8-7-9-17-33/h11-14,30H,6-10,15-19H2,1-5H3,(H,28,35). The van der Waals surface area contributed by atoms with Gasteiger partial charge in [-0.25, -0.2) is 4.98 Å². The van der Waals surface area contributed by atoms with E-state index in [1.165, 1.54) is 49.3 Å². The molecule has 1 aliphatic rings. The molecule has 3 aromatic rings. The molecule has 0 spiro atoms. The summed E-state index contributed by atoms with van der Waals surface area (Å²) in [4.78, 5) is 22.7. The van der Waals surface area contributed by atoms with Crippen LogP contribution in [-0.4, -0.2) is 70.7 Å². The van der Waals surface area contributed by atoms with Crippen LogP contribution < -0.4 is 15.5 Å². The number of imidazole rings is 1. The van der Waals surface area contributed by atoms with E-state index >= 15 is 0 Å². The number of amides is 1. The Bertz CT molecular complexity index is 1140. The molecule has 9 heteroatoms. The van der Waals surface area contributed by atoms with Crippen LogP contribution in [0.15, 0.2) is 24.3 Å². The molecule has 0 aliphatic carbocycles. The monoisotopic (exact) mass is 511 g/mol. The van der Waals surface area contributed by atoms with Gasteiger partial charge in [0.15, 0.2) is 5.82 Å². The maximum Gasteiger partial charge on any atom is 0.239 e. The van der Waals surface area contributed by atoms with Gasteiger partial charge in [0.05, 0.1) is 6.54 Å². The summed E-state index contributed by atoms with van der Waals surface area (Å²) in [6.45, 7) is 13.0. The zero-order chi connectivity index (χ0) is 25.7. The smallest absolute Gasteiger partial charge is 0.239 e. The second-order valence-electron chi connectivity index (χ2n) is 10.8. The second-order valence-corrected chi connectivity index (χ2v) is 11.7. The molecule has 0 unspecified atom stereocenters. The van der Waals surface area contributed by atoms with E-state index < -0.39 is 0 Å². The van der Waals surface area contributed by atoms with Crippen LogP contribution in [0.1, 0.15) is 58.9 Å². The Hall–Kier alpha value is -2.65. The maximum atomic E-state index is 12.6. The molecule has 0 bridgehead atoms. The summed E-state index contributed by atoms with van der Waals surface area (Å²) in [5, 5.41) is 12.3. The Morgan fingerprint density at radius 3 is 2.53 bits per heavy atom. The van der Waals surface area contributed by atoms with Gasteiger partial charge in [-0.3, -0.25) is 4.79 Å². The molecular weight excluding hydrogens is 470 g/mol. The van der Waals surface area contributed by atoms with Crippen molar-refractivity contribution in [2.24, 2.45) is 0 Å². The Morgan fingerprint density at radius 1 is 1.14 bits per heavy atom. The van der Waals surface area contributed by atoms with Crippen LogP contribution in [0.5, 0.6) is 0 Å². The van der Waals surface area contributed by atoms with E-state index in [-0.39, 0.29) is 18.0 Å². The molecule has 4 rings (SSSR count). The summed E-state index contributed by atoms with van der Waals surface area (Å²) in [5.41, 5.74) is 3.11. The molecule has 2 N–H and O–H groups in total. The molecule has 36 heavy (non-hydrogen) atoms. The van der Waals surface area contributed by atoms with E-state index in [1.54, 1.807) is 0 Å². The fourth-order valence-electron chi connectivity index (χ4n) is 4.51. The normalized spacial score (nSPS) is 14.8. The lowest BCUT2D eigenvalue weighted by molar-refractivity contribution is -0.119. The number of carbonyl (C=O) groups is 1. The number of carbonyl (C=O) groups excluding carboxylic acids is 1. The van der Waals surface area contributed by atoms with Gasteiger partial charge in [-0.2, -0.15) is 4.52 Å². The number of benzene rings is 1. The van der Waals surface area contributed by atoms with Gasteiger partial charge < -0.3 is 20.4 Å². The number of fused-ring (bicyclic) bond motifs is 1. The molecule has 8 nitrogen and oxygen atoms in total. The fraction of sp³-hybridized carbons (Fsp3) is 0.593. The summed E-state index contributed by atoms with van der Waals surface area (Å²) in [6, 6.07) is 8.56. The lowest BCUT2D eigenvalue weighted by atomic mass is 10.1. The first-order valence-corrected chi connectivity index (χ1v) is 14.0. The van der Waals surface area contributed by atoms with Gasteiger partial charge in [0.1, 0.15) is 5.69 Å². The minimum Gasteiger partial charge on any atom is -0.364 e. The Balaban J connectivity index is 1.42. The SMILES string of the molecule is CCc1ccc(-c2nc3sc(N(C)CC(=O)NCCCN4CCCCC4)nn3c2NC(C)(C)C)cc1. The average Bonchev–Trinajstić information content (AvgIpc) is 3.41. The zero-order valence-corrected chi connectivity index (χ0v) is 23.2. The maximum absolute atomic E-state index is 12.6. The van der Waals surface area contributed by atoms with E-state index in [0.29, 0.717) is 6.54 Å². The van der Waals surface area contributed by atoms with E-state index in [9.17, 15) is 4.79 Å². The second kappa shape index (κ2) is 11.6. The summed E-state index contributed by atoms with van der Waals surface area (Å²) in [7, 11) is 1.91. The lowest BCUT2D eigenvalue weighted by Crippen LogP contribution is -2.37. The van der Waals surface area contributed by atoms with Crippen molar-refractivity contribution in [2.45, 2.75) is 65.3 Å². The summed E-state index contributed by atoms with van der Waals surface area (Å²) >= 11 is 1.50. The Morgan fingerprint density at radius 2 is 1.86 bits per heavy atom. The Kier molecular flexibility index (Phi) is 8.51. The van der Waals surface area contributed by atoms with Crippen LogP contribution in [0.3, 0.4) is 0 Å². The predicted molar refractivity (Wildman–Crippen MR) is 150 cm³/mol. The van der Waals surface area contributed by atoms with Crippen molar-refractivity contribution in [1.82, 2.24) is 24.8 Å². The first-order valence-electron chi connectivity index (χ1n) is 13.2. The molecule has 1 amide bonds. The summed E-state index contributed by atoms with van der Waals surface area (Å²) in [6.07, 6.45) is 5.95. The lowest BCUT2D eigenvalue weighted by Gasteiger charge is -2.26. The third-order valence-electron chi connectivity index (χ3n) is 6.45. The highest BCUT2D eigenvalue weighted by atomic mass is 32.1. The van der Waals surface area contributed by atoms with Crippen LogP contribution in [0.25, 0.3) is 16.2 Å². The van der Waals surface area contributed by atoms with Crippen molar-refractivity contribution in [3.63, 3.8) is 0 Å². The quantitative estimate of drug-likeness (QED) is 0.386. The van der Waals surface area contributed by atoms with Crippen LogP contribution in [-0.2, 0) is 11.2 Å². The largest absolute Gasteiger partial charge is 0.364 e. The number of rotatable bonds is 10. The number of aromatic nitrogens is 3. The molecule has 3 heterocycles. The van der Waals surface area contributed by atoms with Crippen LogP contribution >= 0.6 is 11.3 Å². The minimum atomic E-state index is -0.155. The third kappa shape index (κ3) is 6.76. The van der Waals surface area contributed by atoms with E-state index in [0.717, 1.165) is 46.6 Å². The van der Waals surface area contributed by atoms with Crippen LogP contribution in [0.4, 0.5) is 10.9 Å². The zero-order valence-electron chi connectivity index (χ0n) is 22.4. The first-order chi connectivity index (χ1) is 17.2. The number of likely N-dealkylation sites (tertiary alicyclic amines) is 1. The number of nitrogens with one attached hydrogen (secondary N) is 2. The van der Waals surface area contributed by atoms with Gasteiger partial charge in [0, 0.05) is 24.7 Å². The molecule has 196 valence electrons. The number of hydrogen-bond acceptors (Lipinski definition) is 7. The summed E-state index contributed by atoms with van der Waals surface area (Å²) < 4.78 is 1.88. The first kappa shape index (κ1) is 26.4. The van der Waals surface area contributed by atoms with Crippen molar-refractivity contribution in [1.29, 1.82) is 0 Å². The van der Waals surface area contributed by atoms with Crippen molar-refractivity contribution in [3.8, 4) is 11.3 Å². The fourth-order valence-corrected chi connectivity index (χ4v) is 5.37. The van der Waals surface area contributed by atoms with Gasteiger partial charge in [0.25, 0.3) is 0 Å². The molecule has 1 aliphatic heterocycles. The van der Waals surface area contributed by atoms with Crippen LogP contribution in [0, 0.1) is 0 Å². The van der Waals surface area contributed by atoms with Crippen molar-refractivity contribution < 1.29 is 4.79 Å². The van der Waals surface area contributed by atoms with Gasteiger partial charge in [-0.1, -0.05) is 48.9 Å². The molecule has 0 atom stereocenters. The molecule has 1 aromatic carbocycles. The number of piperidine rings is 1. The molecule has 1 saturated heterocycles. The third-order valence-corrected chi connectivity index (χ3v) is 7.47. The van der Waals surface area contributed by atoms with E-state index in [2.05, 4.69) is 67.5 Å². The highest BCUT2D eigenvalue weighted by Crippen LogP contribution is 2.34. The predicted octanol–water partition coefficient (Wildman–Crippen LogP) is 4.66. The topological polar surface area (TPSA) is 77.8 Å². The highest BCUT2D eigenvalue weighted by Gasteiger charge is 2.23. The molecule has 2 aromatic heterocycles. The number of nitrogens with zero attached hydrogens (tertiary/aromatic N) is 5. The highest BCUT2D eigenvalue weighted by molar-refractivity contribution is 7.20. The van der Waals surface area contributed by atoms with Crippen molar-refractivity contribution in [3.05, 3.63) is 29.8 Å².